The Labute approximate surface area is 69.4 Å². The third kappa shape index (κ3) is 1.29. The minimum absolute atomic E-state index is 0.0892. The van der Waals surface area contributed by atoms with E-state index in [9.17, 15) is 14.1 Å². The molecule has 4 nitrogen and oxygen atoms in total. The Bertz CT molecular complexity index is 396. The molecule has 0 fully saturated rings. The number of hydrogen-bond acceptors (Lipinski definition) is 2. The van der Waals surface area contributed by atoms with Crippen LogP contribution < -0.4 is 11.2 Å². The van der Waals surface area contributed by atoms with Crippen LogP contribution in [0.2, 0.25) is 5.15 Å². The molecule has 0 spiro atoms. The molecular weight excluding hydrogens is 198 g/mol. The predicted molar refractivity (Wildman–Crippen MR) is 37.7 cm³/mol. The van der Waals surface area contributed by atoms with Crippen LogP contribution in [0, 0.1) is 0 Å². The van der Waals surface area contributed by atoms with Gasteiger partial charge in [0.1, 0.15) is 0 Å². The van der Waals surface area contributed by atoms with E-state index in [0.717, 1.165) is 0 Å². The van der Waals surface area contributed by atoms with E-state index >= 15 is 0 Å². The predicted octanol–water partition coefficient (Wildman–Crippen LogP) is 0.398. The van der Waals surface area contributed by atoms with Gasteiger partial charge in [-0.05, 0) is 0 Å². The molecule has 0 aliphatic heterocycles. The van der Waals surface area contributed by atoms with Crippen LogP contribution in [-0.4, -0.2) is 8.88 Å². The van der Waals surface area contributed by atoms with Crippen molar-refractivity contribution in [3.63, 3.8) is 0 Å². The lowest BCUT2D eigenvalue weighted by molar-refractivity contribution is 0.341. The maximum Gasteiger partial charge on any atom is 0.375 e. The molecule has 0 bridgehead atoms. The van der Waals surface area contributed by atoms with Crippen molar-refractivity contribution in [2.24, 2.45) is 0 Å². The second-order valence-electron chi connectivity index (χ2n) is 1.65. The Kier molecular flexibility index (Phi) is 2.01. The van der Waals surface area contributed by atoms with E-state index in [0.29, 0.717) is 6.07 Å². The lowest BCUT2D eigenvalue weighted by Crippen LogP contribution is -2.32. The summed E-state index contributed by atoms with van der Waals surface area (Å²) in [7, 11) is 0. The fourth-order valence-corrected chi connectivity index (χ4v) is 0.759. The van der Waals surface area contributed by atoms with Crippen molar-refractivity contribution in [2.45, 2.75) is 0 Å². The minimum atomic E-state index is -1.32. The van der Waals surface area contributed by atoms with Crippen LogP contribution in [0.3, 0.4) is 0 Å². The summed E-state index contributed by atoms with van der Waals surface area (Å²) in [5, 5.41) is -0.600. The molecule has 0 N–H and O–H groups in total. The molecule has 0 aliphatic carbocycles. The second kappa shape index (κ2) is 2.67. The second-order valence-corrected chi connectivity index (χ2v) is 2.37. The zero-order valence-corrected chi connectivity index (χ0v) is 6.43. The molecule has 0 saturated heterocycles. The number of aromatic nitrogens is 2. The number of nitrogens with zero attached hydrogens (tertiary/aromatic N) is 2. The van der Waals surface area contributed by atoms with Crippen molar-refractivity contribution < 1.29 is 4.48 Å². The van der Waals surface area contributed by atoms with Gasteiger partial charge in [0.25, 0.3) is 5.56 Å². The van der Waals surface area contributed by atoms with Gasteiger partial charge in [0, 0.05) is 17.8 Å². The Morgan fingerprint density at radius 2 is 2.00 bits per heavy atom. The zero-order chi connectivity index (χ0) is 8.59. The first-order valence-electron chi connectivity index (χ1n) is 2.41. The zero-order valence-electron chi connectivity index (χ0n) is 4.92. The highest BCUT2D eigenvalue weighted by Gasteiger charge is 2.06. The van der Waals surface area contributed by atoms with Crippen LogP contribution >= 0.6 is 23.4 Å². The van der Waals surface area contributed by atoms with Crippen LogP contribution in [0.1, 0.15) is 0 Å². The summed E-state index contributed by atoms with van der Waals surface area (Å²) in [5.74, 6) is 0. The van der Waals surface area contributed by atoms with Gasteiger partial charge in [-0.3, -0.25) is 4.79 Å². The largest absolute Gasteiger partial charge is 0.375 e. The van der Waals surface area contributed by atoms with Gasteiger partial charge in [-0.15, -0.1) is 4.79 Å². The van der Waals surface area contributed by atoms with E-state index in [1.807, 2.05) is 0 Å². The fraction of sp³-hybridized carbons (Fsp3) is 0. The normalized spacial score (nSPS) is 10.1. The molecule has 1 aromatic rings. The molecule has 0 amide bonds. The molecule has 1 rings (SSSR count). The van der Waals surface area contributed by atoms with E-state index in [1.54, 1.807) is 0 Å². The van der Waals surface area contributed by atoms with Gasteiger partial charge in [-0.25, -0.2) is 4.79 Å². The molecular formula is C4HCl2FN2O2. The maximum absolute atomic E-state index is 12.4. The molecule has 1 heterocycles. The van der Waals surface area contributed by atoms with Crippen molar-refractivity contribution in [2.75, 3.05) is 0 Å². The molecule has 0 aliphatic rings. The first-order valence-corrected chi connectivity index (χ1v) is 3.12. The highest BCUT2D eigenvalue weighted by molar-refractivity contribution is 6.29. The molecule has 0 aromatic carbocycles. The molecule has 0 saturated carbocycles. The Hall–Kier alpha value is -0.810. The van der Waals surface area contributed by atoms with Crippen LogP contribution in [0.4, 0.5) is 4.48 Å². The van der Waals surface area contributed by atoms with Gasteiger partial charge in [-0.2, -0.15) is 4.09 Å². The van der Waals surface area contributed by atoms with E-state index in [1.165, 1.54) is 0 Å². The molecule has 0 radical (unpaired) electrons. The van der Waals surface area contributed by atoms with E-state index < -0.39 is 21.2 Å². The third-order valence-corrected chi connectivity index (χ3v) is 1.53. The van der Waals surface area contributed by atoms with Gasteiger partial charge in [0.15, 0.2) is 5.15 Å². The summed E-state index contributed by atoms with van der Waals surface area (Å²) in [6.07, 6.45) is 0. The van der Waals surface area contributed by atoms with Gasteiger partial charge >= 0.3 is 5.69 Å². The van der Waals surface area contributed by atoms with Crippen molar-refractivity contribution in [3.8, 4) is 0 Å². The van der Waals surface area contributed by atoms with Gasteiger partial charge in [-0.1, -0.05) is 16.1 Å². The number of hydrogen-bond donors (Lipinski definition) is 0. The molecule has 60 valence electrons. The highest BCUT2D eigenvalue weighted by Crippen LogP contribution is 2.00. The van der Waals surface area contributed by atoms with Gasteiger partial charge < -0.3 is 0 Å². The van der Waals surface area contributed by atoms with E-state index in [2.05, 4.69) is 0 Å². The summed E-state index contributed by atoms with van der Waals surface area (Å²) in [5.41, 5.74) is -2.18. The van der Waals surface area contributed by atoms with Crippen LogP contribution in [0.15, 0.2) is 15.7 Å². The monoisotopic (exact) mass is 198 g/mol. The summed E-state index contributed by atoms with van der Waals surface area (Å²) in [6.45, 7) is 0. The first-order chi connectivity index (χ1) is 5.04. The smallest absolute Gasteiger partial charge is 0.268 e. The fourth-order valence-electron chi connectivity index (χ4n) is 0.478. The molecule has 7 heteroatoms. The molecule has 0 unspecified atom stereocenters. The Morgan fingerprint density at radius 1 is 1.45 bits per heavy atom. The lowest BCUT2D eigenvalue weighted by atomic mass is 10.7. The van der Waals surface area contributed by atoms with Gasteiger partial charge in [0.2, 0.25) is 0 Å². The lowest BCUT2D eigenvalue weighted by Gasteiger charge is -1.95. The van der Waals surface area contributed by atoms with Crippen molar-refractivity contribution in [3.05, 3.63) is 32.1 Å². The number of rotatable bonds is 0. The molecule has 1 aromatic heterocycles. The van der Waals surface area contributed by atoms with Gasteiger partial charge in [0.05, 0.1) is 0 Å². The summed E-state index contributed by atoms with van der Waals surface area (Å²) < 4.78 is 12.5. The summed E-state index contributed by atoms with van der Waals surface area (Å²) in [4.78, 5) is 20.7. The minimum Gasteiger partial charge on any atom is -0.268 e. The van der Waals surface area contributed by atoms with Crippen molar-refractivity contribution >= 4 is 23.4 Å². The molecule has 11 heavy (non-hydrogen) atoms. The van der Waals surface area contributed by atoms with Crippen LogP contribution in [0.25, 0.3) is 0 Å². The van der Waals surface area contributed by atoms with Crippen LogP contribution in [-0.2, 0) is 0 Å². The van der Waals surface area contributed by atoms with E-state index in [4.69, 9.17) is 23.4 Å². The van der Waals surface area contributed by atoms with Crippen molar-refractivity contribution in [1.29, 1.82) is 0 Å². The Morgan fingerprint density at radius 3 is 2.55 bits per heavy atom. The number of halogens is 3. The molecule has 0 atom stereocenters. The Balaban J connectivity index is 3.74. The van der Waals surface area contributed by atoms with Crippen LogP contribution in [0.5, 0.6) is 0 Å². The average molecular weight is 199 g/mol. The topological polar surface area (TPSA) is 44.0 Å². The van der Waals surface area contributed by atoms with E-state index in [-0.39, 0.29) is 4.09 Å². The first kappa shape index (κ1) is 8.29. The highest BCUT2D eigenvalue weighted by atomic mass is 35.5. The van der Waals surface area contributed by atoms with Crippen molar-refractivity contribution in [1.82, 2.24) is 8.88 Å². The average Bonchev–Trinajstić information content (AvgIpc) is 1.97. The maximum atomic E-state index is 12.4. The summed E-state index contributed by atoms with van der Waals surface area (Å²) >= 11 is 10.1. The third-order valence-electron chi connectivity index (χ3n) is 0.960. The summed E-state index contributed by atoms with van der Waals surface area (Å²) in [6, 6.07) is 0.690. The standard InChI is InChI=1S/C4HCl2FN2O2/c5-2-1-3(10)8(6)4(11)9(2)7/h1H. The SMILES string of the molecule is O=c1cc(Cl)n(F)c(=O)n1Cl. The quantitative estimate of drug-likeness (QED) is 0.567.